The van der Waals surface area contributed by atoms with E-state index in [1.807, 2.05) is 13.8 Å². The summed E-state index contributed by atoms with van der Waals surface area (Å²) in [4.78, 5) is 43.9. The molecule has 0 aromatic heterocycles. The second kappa shape index (κ2) is 11.4. The minimum atomic E-state index is -1.59. The summed E-state index contributed by atoms with van der Waals surface area (Å²) in [6, 6.07) is 0. The van der Waals surface area contributed by atoms with Crippen LogP contribution < -0.4 is 0 Å². The molecule has 0 bridgehead atoms. The third-order valence-electron chi connectivity index (χ3n) is 4.33. The molecule has 2 unspecified atom stereocenters. The monoisotopic (exact) mass is 364 g/mol. The number of rotatable bonds is 15. The molecule has 0 fully saturated rings. The van der Waals surface area contributed by atoms with E-state index in [2.05, 4.69) is 0 Å². The highest BCUT2D eigenvalue weighted by Gasteiger charge is 2.56. The van der Waals surface area contributed by atoms with Gasteiger partial charge in [-0.15, -0.1) is 0 Å². The lowest BCUT2D eigenvalue weighted by Gasteiger charge is -2.43. The van der Waals surface area contributed by atoms with Gasteiger partial charge in [-0.1, -0.05) is 26.7 Å². The van der Waals surface area contributed by atoms with Gasteiger partial charge in [0.15, 0.2) is 0 Å². The van der Waals surface area contributed by atoms with Gasteiger partial charge in [-0.05, 0) is 33.6 Å². The summed E-state index contributed by atoms with van der Waals surface area (Å²) < 4.78 is 0. The molecule has 0 saturated carbocycles. The first-order valence-corrected chi connectivity index (χ1v) is 8.67. The number of carboxylic acid groups (broad SMARTS) is 2. The van der Waals surface area contributed by atoms with Gasteiger partial charge < -0.3 is 10.2 Å². The van der Waals surface area contributed by atoms with Crippen molar-refractivity contribution in [3.63, 3.8) is 0 Å². The Morgan fingerprint density at radius 2 is 1.48 bits per heavy atom. The molecular formula is C17H32O8. The van der Waals surface area contributed by atoms with Gasteiger partial charge in [0.05, 0.1) is 25.0 Å². The van der Waals surface area contributed by atoms with E-state index >= 15 is 0 Å². The predicted octanol–water partition coefficient (Wildman–Crippen LogP) is 3.20. The van der Waals surface area contributed by atoms with Gasteiger partial charge in [-0.25, -0.2) is 19.6 Å². The van der Waals surface area contributed by atoms with Gasteiger partial charge in [0.1, 0.15) is 11.7 Å². The number of carbonyl (C=O) groups is 2. The minimum absolute atomic E-state index is 0.262. The van der Waals surface area contributed by atoms with E-state index in [4.69, 9.17) is 19.6 Å². The number of carboxylic acids is 2. The molecule has 0 aromatic carbocycles. The second-order valence-corrected chi connectivity index (χ2v) is 6.65. The average Bonchev–Trinajstić information content (AvgIpc) is 2.53. The first-order valence-electron chi connectivity index (χ1n) is 8.67. The van der Waals surface area contributed by atoms with Crippen LogP contribution in [0.25, 0.3) is 0 Å². The summed E-state index contributed by atoms with van der Waals surface area (Å²) >= 11 is 0. The van der Waals surface area contributed by atoms with Gasteiger partial charge >= 0.3 is 11.9 Å². The molecular weight excluding hydrogens is 332 g/mol. The van der Waals surface area contributed by atoms with Gasteiger partial charge in [0.2, 0.25) is 0 Å². The van der Waals surface area contributed by atoms with E-state index < -0.39 is 35.5 Å². The standard InChI is InChI=1S/C17H32O8/c1-6-8-10-22-24-13(12-14(18)19)17(5,16(3,4)15(20)21)25-23-11-9-7-2/h13H,6-12H2,1-5H3,(H,18,19)(H,20,21). The minimum Gasteiger partial charge on any atom is -0.481 e. The Balaban J connectivity index is 5.41. The molecule has 0 spiro atoms. The van der Waals surface area contributed by atoms with Crippen LogP contribution in [0.3, 0.4) is 0 Å². The summed E-state index contributed by atoms with van der Waals surface area (Å²) in [6.45, 7) is 8.81. The lowest BCUT2D eigenvalue weighted by Crippen LogP contribution is -2.58. The third kappa shape index (κ3) is 7.27. The fourth-order valence-corrected chi connectivity index (χ4v) is 1.95. The molecule has 0 aliphatic rings. The highest BCUT2D eigenvalue weighted by molar-refractivity contribution is 5.76. The highest BCUT2D eigenvalue weighted by atomic mass is 17.2. The van der Waals surface area contributed by atoms with Crippen molar-refractivity contribution in [2.75, 3.05) is 13.2 Å². The molecule has 0 amide bonds. The third-order valence-corrected chi connectivity index (χ3v) is 4.33. The SMILES string of the molecule is CCCCOOC(CC(=O)O)C(C)(OOCCCC)C(C)(C)C(=O)O. The van der Waals surface area contributed by atoms with Crippen molar-refractivity contribution in [2.24, 2.45) is 5.41 Å². The lowest BCUT2D eigenvalue weighted by atomic mass is 9.72. The Labute approximate surface area is 149 Å². The number of hydrogen-bond acceptors (Lipinski definition) is 6. The van der Waals surface area contributed by atoms with Crippen molar-refractivity contribution in [2.45, 2.75) is 78.4 Å². The molecule has 0 aliphatic carbocycles. The Hall–Kier alpha value is -1.22. The van der Waals surface area contributed by atoms with Crippen LogP contribution in [0, 0.1) is 5.41 Å². The molecule has 0 saturated heterocycles. The van der Waals surface area contributed by atoms with Crippen LogP contribution in [0.5, 0.6) is 0 Å². The molecule has 2 N–H and O–H groups in total. The quantitative estimate of drug-likeness (QED) is 0.259. The summed E-state index contributed by atoms with van der Waals surface area (Å²) in [5.41, 5.74) is -3.08. The van der Waals surface area contributed by atoms with Crippen molar-refractivity contribution in [1.82, 2.24) is 0 Å². The molecule has 148 valence electrons. The molecule has 0 radical (unpaired) electrons. The number of unbranched alkanes of at least 4 members (excludes halogenated alkanes) is 2. The molecule has 2 atom stereocenters. The predicted molar refractivity (Wildman–Crippen MR) is 89.8 cm³/mol. The maximum atomic E-state index is 11.7. The second-order valence-electron chi connectivity index (χ2n) is 6.65. The molecule has 8 heteroatoms. The fraction of sp³-hybridized carbons (Fsp3) is 0.882. The van der Waals surface area contributed by atoms with Gasteiger partial charge in [0.25, 0.3) is 0 Å². The summed E-state index contributed by atoms with van der Waals surface area (Å²) in [7, 11) is 0. The van der Waals surface area contributed by atoms with E-state index in [9.17, 15) is 19.8 Å². The Bertz CT molecular complexity index is 409. The average molecular weight is 364 g/mol. The van der Waals surface area contributed by atoms with Crippen LogP contribution in [-0.4, -0.2) is 47.1 Å². The van der Waals surface area contributed by atoms with Crippen LogP contribution in [0.2, 0.25) is 0 Å². The van der Waals surface area contributed by atoms with Gasteiger partial charge in [0, 0.05) is 0 Å². The Morgan fingerprint density at radius 3 is 1.92 bits per heavy atom. The first kappa shape index (κ1) is 23.8. The van der Waals surface area contributed by atoms with Gasteiger partial charge in [-0.2, -0.15) is 0 Å². The normalized spacial score (nSPS) is 15.6. The molecule has 0 rings (SSSR count). The number of hydrogen-bond donors (Lipinski definition) is 2. The summed E-state index contributed by atoms with van der Waals surface area (Å²) in [5, 5.41) is 18.8. The van der Waals surface area contributed by atoms with Crippen LogP contribution >= 0.6 is 0 Å². The van der Waals surface area contributed by atoms with Crippen LogP contribution in [-0.2, 0) is 29.1 Å². The van der Waals surface area contributed by atoms with Crippen LogP contribution in [0.15, 0.2) is 0 Å². The van der Waals surface area contributed by atoms with Crippen molar-refractivity contribution >= 4 is 11.9 Å². The van der Waals surface area contributed by atoms with Crippen LogP contribution in [0.1, 0.15) is 66.7 Å². The van der Waals surface area contributed by atoms with Crippen molar-refractivity contribution < 1.29 is 39.4 Å². The van der Waals surface area contributed by atoms with Gasteiger partial charge in [-0.3, -0.25) is 9.59 Å². The molecule has 8 nitrogen and oxygen atoms in total. The molecule has 0 aromatic rings. The van der Waals surface area contributed by atoms with E-state index in [1.165, 1.54) is 20.8 Å². The molecule has 0 aliphatic heterocycles. The topological polar surface area (TPSA) is 112 Å². The Morgan fingerprint density at radius 1 is 0.960 bits per heavy atom. The van der Waals surface area contributed by atoms with E-state index in [0.29, 0.717) is 0 Å². The summed E-state index contributed by atoms with van der Waals surface area (Å²) in [5.74, 6) is -2.32. The van der Waals surface area contributed by atoms with Crippen molar-refractivity contribution in [3.8, 4) is 0 Å². The maximum Gasteiger partial charge on any atom is 0.312 e. The number of aliphatic carboxylic acids is 2. The largest absolute Gasteiger partial charge is 0.481 e. The van der Waals surface area contributed by atoms with Crippen molar-refractivity contribution in [1.29, 1.82) is 0 Å². The fourth-order valence-electron chi connectivity index (χ4n) is 1.95. The zero-order valence-electron chi connectivity index (χ0n) is 15.9. The summed E-state index contributed by atoms with van der Waals surface area (Å²) in [6.07, 6.45) is 1.54. The lowest BCUT2D eigenvalue weighted by molar-refractivity contribution is -0.434. The maximum absolute atomic E-state index is 11.7. The smallest absolute Gasteiger partial charge is 0.312 e. The zero-order valence-corrected chi connectivity index (χ0v) is 15.9. The molecule has 25 heavy (non-hydrogen) atoms. The first-order chi connectivity index (χ1) is 11.6. The highest BCUT2D eigenvalue weighted by Crippen LogP contribution is 2.40. The van der Waals surface area contributed by atoms with Crippen LogP contribution in [0.4, 0.5) is 0 Å². The Kier molecular flexibility index (Phi) is 10.8. The molecule has 0 heterocycles. The van der Waals surface area contributed by atoms with E-state index in [1.54, 1.807) is 0 Å². The van der Waals surface area contributed by atoms with E-state index in [-0.39, 0.29) is 13.2 Å². The zero-order chi connectivity index (χ0) is 19.5. The van der Waals surface area contributed by atoms with E-state index in [0.717, 1.165) is 25.7 Å². The van der Waals surface area contributed by atoms with Crippen molar-refractivity contribution in [3.05, 3.63) is 0 Å².